The molecule has 0 fully saturated rings. The molecule has 1 amide bonds. The maximum Gasteiger partial charge on any atom is 0.251 e. The molecule has 0 atom stereocenters. The molecule has 0 saturated carbocycles. The second kappa shape index (κ2) is 12.0. The van der Waals surface area contributed by atoms with Gasteiger partial charge in [-0.3, -0.25) is 4.79 Å². The van der Waals surface area contributed by atoms with Crippen molar-refractivity contribution in [2.75, 3.05) is 27.4 Å². The molecule has 0 radical (unpaired) electrons. The Labute approximate surface area is 199 Å². The zero-order valence-corrected chi connectivity index (χ0v) is 19.8. The van der Waals surface area contributed by atoms with Crippen LogP contribution in [0.15, 0.2) is 60.7 Å². The number of carbonyl (C=O) groups excluding carboxylic acids is 1. The highest BCUT2D eigenvalue weighted by Gasteiger charge is 2.12. The van der Waals surface area contributed by atoms with Crippen molar-refractivity contribution in [1.82, 2.24) is 5.32 Å². The molecule has 0 heterocycles. The molecule has 0 unspecified atom stereocenters. The normalized spacial score (nSPS) is 10.4. The van der Waals surface area contributed by atoms with Gasteiger partial charge in [0.2, 0.25) is 0 Å². The maximum atomic E-state index is 12.7. The SMILES string of the molecule is CCOc1ccc(C(=O)NCCc2ccc(OC)c(OC)c2)cc1COc1ccccc1Cl. The topological polar surface area (TPSA) is 66.0 Å². The van der Waals surface area contributed by atoms with E-state index >= 15 is 0 Å². The summed E-state index contributed by atoms with van der Waals surface area (Å²) in [7, 11) is 3.20. The molecule has 0 bridgehead atoms. The molecule has 7 heteroatoms. The van der Waals surface area contributed by atoms with Crippen LogP contribution in [0.1, 0.15) is 28.4 Å². The smallest absolute Gasteiger partial charge is 0.251 e. The monoisotopic (exact) mass is 469 g/mol. The molecule has 0 aromatic heterocycles. The number of amides is 1. The number of benzene rings is 3. The van der Waals surface area contributed by atoms with Gasteiger partial charge in [-0.1, -0.05) is 29.8 Å². The van der Waals surface area contributed by atoms with Crippen molar-refractivity contribution in [3.63, 3.8) is 0 Å². The summed E-state index contributed by atoms with van der Waals surface area (Å²) in [5.41, 5.74) is 2.33. The lowest BCUT2D eigenvalue weighted by Crippen LogP contribution is -2.25. The lowest BCUT2D eigenvalue weighted by Gasteiger charge is -2.14. The van der Waals surface area contributed by atoms with Crippen molar-refractivity contribution in [3.8, 4) is 23.0 Å². The number of rotatable bonds is 11. The average molecular weight is 470 g/mol. The van der Waals surface area contributed by atoms with E-state index in [0.717, 1.165) is 11.1 Å². The quantitative estimate of drug-likeness (QED) is 0.412. The van der Waals surface area contributed by atoms with Crippen LogP contribution in [-0.4, -0.2) is 33.3 Å². The van der Waals surface area contributed by atoms with E-state index < -0.39 is 0 Å². The van der Waals surface area contributed by atoms with Gasteiger partial charge in [-0.05, 0) is 61.4 Å². The van der Waals surface area contributed by atoms with Gasteiger partial charge in [0, 0.05) is 17.7 Å². The van der Waals surface area contributed by atoms with E-state index in [1.54, 1.807) is 44.6 Å². The van der Waals surface area contributed by atoms with Crippen LogP contribution in [0.4, 0.5) is 0 Å². The number of methoxy groups -OCH3 is 2. The summed E-state index contributed by atoms with van der Waals surface area (Å²) in [6, 6.07) is 18.3. The summed E-state index contributed by atoms with van der Waals surface area (Å²) in [5.74, 6) is 2.41. The number of hydrogen-bond acceptors (Lipinski definition) is 5. The molecular formula is C26H28ClNO5. The van der Waals surface area contributed by atoms with E-state index in [1.807, 2.05) is 37.3 Å². The Morgan fingerprint density at radius 3 is 2.36 bits per heavy atom. The minimum Gasteiger partial charge on any atom is -0.493 e. The summed E-state index contributed by atoms with van der Waals surface area (Å²) in [6.07, 6.45) is 0.658. The van der Waals surface area contributed by atoms with E-state index in [1.165, 1.54) is 0 Å². The van der Waals surface area contributed by atoms with Crippen LogP contribution in [0, 0.1) is 0 Å². The van der Waals surface area contributed by atoms with E-state index in [4.69, 9.17) is 30.5 Å². The van der Waals surface area contributed by atoms with Gasteiger partial charge in [0.25, 0.3) is 5.91 Å². The summed E-state index contributed by atoms with van der Waals surface area (Å²) in [4.78, 5) is 12.7. The van der Waals surface area contributed by atoms with Crippen LogP contribution in [0.2, 0.25) is 5.02 Å². The second-order valence-corrected chi connectivity index (χ2v) is 7.58. The van der Waals surface area contributed by atoms with Gasteiger partial charge in [0.1, 0.15) is 18.1 Å². The molecule has 0 aliphatic rings. The molecule has 6 nitrogen and oxygen atoms in total. The Bertz CT molecular complexity index is 1090. The van der Waals surface area contributed by atoms with Crippen LogP contribution in [0.25, 0.3) is 0 Å². The zero-order valence-electron chi connectivity index (χ0n) is 19.0. The first kappa shape index (κ1) is 24.3. The first-order valence-electron chi connectivity index (χ1n) is 10.7. The minimum atomic E-state index is -0.169. The molecular weight excluding hydrogens is 442 g/mol. The molecule has 0 saturated heterocycles. The molecule has 1 N–H and O–H groups in total. The van der Waals surface area contributed by atoms with Gasteiger partial charge in [0.15, 0.2) is 11.5 Å². The summed E-state index contributed by atoms with van der Waals surface area (Å²) in [6.45, 7) is 3.13. The molecule has 0 aliphatic carbocycles. The van der Waals surface area contributed by atoms with Crippen molar-refractivity contribution < 1.29 is 23.7 Å². The van der Waals surface area contributed by atoms with Crippen LogP contribution in [-0.2, 0) is 13.0 Å². The van der Waals surface area contributed by atoms with Crippen molar-refractivity contribution in [3.05, 3.63) is 82.4 Å². The highest BCUT2D eigenvalue weighted by atomic mass is 35.5. The van der Waals surface area contributed by atoms with Gasteiger partial charge in [-0.15, -0.1) is 0 Å². The van der Waals surface area contributed by atoms with Crippen molar-refractivity contribution in [1.29, 1.82) is 0 Å². The molecule has 174 valence electrons. The number of nitrogens with one attached hydrogen (secondary N) is 1. The Balaban J connectivity index is 1.65. The summed E-state index contributed by atoms with van der Waals surface area (Å²) >= 11 is 6.18. The van der Waals surface area contributed by atoms with Crippen molar-refractivity contribution in [2.24, 2.45) is 0 Å². The first-order chi connectivity index (χ1) is 16.0. The third kappa shape index (κ3) is 6.56. The van der Waals surface area contributed by atoms with Crippen LogP contribution < -0.4 is 24.3 Å². The van der Waals surface area contributed by atoms with E-state index in [-0.39, 0.29) is 12.5 Å². The highest BCUT2D eigenvalue weighted by molar-refractivity contribution is 6.32. The predicted molar refractivity (Wildman–Crippen MR) is 129 cm³/mol. The van der Waals surface area contributed by atoms with E-state index in [9.17, 15) is 4.79 Å². The van der Waals surface area contributed by atoms with E-state index in [2.05, 4.69) is 5.32 Å². The standard InChI is InChI=1S/C26H28ClNO5/c1-4-32-22-12-10-19(16-20(22)17-33-23-8-6-5-7-21(23)27)26(29)28-14-13-18-9-11-24(30-2)25(15-18)31-3/h5-12,15-16H,4,13-14,17H2,1-3H3,(H,28,29). The Kier molecular flexibility index (Phi) is 8.84. The van der Waals surface area contributed by atoms with Crippen LogP contribution >= 0.6 is 11.6 Å². The summed E-state index contributed by atoms with van der Waals surface area (Å²) < 4.78 is 22.2. The molecule has 3 aromatic carbocycles. The molecule has 0 spiro atoms. The lowest BCUT2D eigenvalue weighted by atomic mass is 10.1. The third-order valence-corrected chi connectivity index (χ3v) is 5.30. The Morgan fingerprint density at radius 2 is 1.64 bits per heavy atom. The molecule has 3 aromatic rings. The van der Waals surface area contributed by atoms with Crippen LogP contribution in [0.5, 0.6) is 23.0 Å². The number of ether oxygens (including phenoxy) is 4. The van der Waals surface area contributed by atoms with Gasteiger partial charge >= 0.3 is 0 Å². The van der Waals surface area contributed by atoms with Gasteiger partial charge in [-0.2, -0.15) is 0 Å². The lowest BCUT2D eigenvalue weighted by molar-refractivity contribution is 0.0954. The number of hydrogen-bond donors (Lipinski definition) is 1. The second-order valence-electron chi connectivity index (χ2n) is 7.17. The fourth-order valence-corrected chi connectivity index (χ4v) is 3.50. The van der Waals surface area contributed by atoms with Gasteiger partial charge in [0.05, 0.1) is 25.8 Å². The predicted octanol–water partition coefficient (Wildman–Crippen LogP) is 5.31. The van der Waals surface area contributed by atoms with Gasteiger partial charge in [-0.25, -0.2) is 0 Å². The Hall–Kier alpha value is -3.38. The summed E-state index contributed by atoms with van der Waals surface area (Å²) in [5, 5.41) is 3.49. The van der Waals surface area contributed by atoms with Crippen LogP contribution in [0.3, 0.4) is 0 Å². The third-order valence-electron chi connectivity index (χ3n) is 4.99. The largest absolute Gasteiger partial charge is 0.493 e. The molecule has 3 rings (SSSR count). The minimum absolute atomic E-state index is 0.169. The van der Waals surface area contributed by atoms with Gasteiger partial charge < -0.3 is 24.3 Å². The van der Waals surface area contributed by atoms with E-state index in [0.29, 0.717) is 53.2 Å². The number of halogens is 1. The fourth-order valence-electron chi connectivity index (χ4n) is 3.31. The number of para-hydroxylation sites is 1. The molecule has 0 aliphatic heterocycles. The fraction of sp³-hybridized carbons (Fsp3) is 0.269. The van der Waals surface area contributed by atoms with Crippen molar-refractivity contribution in [2.45, 2.75) is 20.0 Å². The Morgan fingerprint density at radius 1 is 0.879 bits per heavy atom. The molecule has 33 heavy (non-hydrogen) atoms. The van der Waals surface area contributed by atoms with Crippen molar-refractivity contribution >= 4 is 17.5 Å². The zero-order chi connectivity index (χ0) is 23.6. The maximum absolute atomic E-state index is 12.7. The average Bonchev–Trinajstić information content (AvgIpc) is 2.84. The number of carbonyl (C=O) groups is 1. The first-order valence-corrected chi connectivity index (χ1v) is 11.1. The highest BCUT2D eigenvalue weighted by Crippen LogP contribution is 2.28.